The van der Waals surface area contributed by atoms with Gasteiger partial charge in [-0.3, -0.25) is 10.1 Å². The van der Waals surface area contributed by atoms with Gasteiger partial charge in [0.25, 0.3) is 0 Å². The third-order valence-corrected chi connectivity index (χ3v) is 4.80. The molecule has 1 aromatic carbocycles. The number of aromatic nitrogens is 1. The molecule has 146 valence electrons. The summed E-state index contributed by atoms with van der Waals surface area (Å²) in [7, 11) is 0. The number of amides is 1. The maximum absolute atomic E-state index is 12.4. The van der Waals surface area contributed by atoms with Crippen LogP contribution < -0.4 is 21.3 Å². The molecule has 0 spiro atoms. The van der Waals surface area contributed by atoms with E-state index in [0.29, 0.717) is 18.2 Å². The zero-order chi connectivity index (χ0) is 19.4. The van der Waals surface area contributed by atoms with Crippen molar-refractivity contribution in [3.63, 3.8) is 0 Å². The van der Waals surface area contributed by atoms with E-state index in [1.54, 1.807) is 0 Å². The van der Waals surface area contributed by atoms with Gasteiger partial charge in [-0.25, -0.2) is 0 Å². The number of benzene rings is 1. The molecule has 0 unspecified atom stereocenters. The summed E-state index contributed by atoms with van der Waals surface area (Å²) in [5.74, 6) is 0.448. The van der Waals surface area contributed by atoms with Gasteiger partial charge in [0, 0.05) is 31.9 Å². The SMILES string of the molecule is Cc1noc(NC(=O)[C@@H](N)CC(C)C)c1-c1ccc(N2CCNCC2)cc1. The molecule has 3 rings (SSSR count). The highest BCUT2D eigenvalue weighted by molar-refractivity contribution is 5.97. The topological polar surface area (TPSA) is 96.4 Å². The number of carbonyl (C=O) groups is 1. The number of rotatable bonds is 6. The highest BCUT2D eigenvalue weighted by Gasteiger charge is 2.21. The molecule has 1 saturated heterocycles. The van der Waals surface area contributed by atoms with Crippen molar-refractivity contribution in [3.05, 3.63) is 30.0 Å². The quantitative estimate of drug-likeness (QED) is 0.721. The summed E-state index contributed by atoms with van der Waals surface area (Å²) in [6.45, 7) is 9.95. The van der Waals surface area contributed by atoms with Crippen molar-refractivity contribution in [2.45, 2.75) is 33.2 Å². The number of hydrogen-bond acceptors (Lipinski definition) is 6. The lowest BCUT2D eigenvalue weighted by atomic mass is 10.0. The number of nitrogens with one attached hydrogen (secondary N) is 2. The predicted octanol–water partition coefficient (Wildman–Crippen LogP) is 2.37. The molecule has 2 heterocycles. The van der Waals surface area contributed by atoms with Gasteiger partial charge in [0.2, 0.25) is 11.8 Å². The molecule has 2 aromatic rings. The predicted molar refractivity (Wildman–Crippen MR) is 108 cm³/mol. The summed E-state index contributed by atoms with van der Waals surface area (Å²) in [4.78, 5) is 14.7. The molecule has 1 aliphatic rings. The van der Waals surface area contributed by atoms with Crippen LogP contribution in [0.5, 0.6) is 0 Å². The molecule has 1 aliphatic heterocycles. The van der Waals surface area contributed by atoms with Crippen LogP contribution in [-0.2, 0) is 4.79 Å². The maximum Gasteiger partial charge on any atom is 0.243 e. The van der Waals surface area contributed by atoms with E-state index in [2.05, 4.69) is 32.8 Å². The summed E-state index contributed by atoms with van der Waals surface area (Å²) in [6, 6.07) is 7.71. The van der Waals surface area contributed by atoms with Gasteiger partial charge in [-0.1, -0.05) is 31.1 Å². The van der Waals surface area contributed by atoms with Crippen LogP contribution in [0.25, 0.3) is 11.1 Å². The van der Waals surface area contributed by atoms with Crippen molar-refractivity contribution in [3.8, 4) is 11.1 Å². The number of carbonyl (C=O) groups excluding carboxylic acids is 1. The second-order valence-electron chi connectivity index (χ2n) is 7.48. The Bertz CT molecular complexity index is 763. The molecule has 4 N–H and O–H groups in total. The van der Waals surface area contributed by atoms with Crippen molar-refractivity contribution in [1.82, 2.24) is 10.5 Å². The fourth-order valence-corrected chi connectivity index (χ4v) is 3.38. The number of anilines is 2. The second-order valence-corrected chi connectivity index (χ2v) is 7.48. The molecular weight excluding hydrogens is 342 g/mol. The average molecular weight is 371 g/mol. The molecule has 0 aliphatic carbocycles. The van der Waals surface area contributed by atoms with Crippen LogP contribution in [0.1, 0.15) is 26.0 Å². The van der Waals surface area contributed by atoms with E-state index in [0.717, 1.165) is 43.0 Å². The standard InChI is InChI=1S/C20H29N5O2/c1-13(2)12-17(21)19(26)23-20-18(14(3)24-27-20)15-4-6-16(7-5-15)25-10-8-22-9-11-25/h4-7,13,17,22H,8-12,21H2,1-3H3,(H,23,26)/t17-/m0/s1. The normalized spacial score (nSPS) is 15.8. The summed E-state index contributed by atoms with van der Waals surface area (Å²) in [6.07, 6.45) is 0.619. The first-order chi connectivity index (χ1) is 13.0. The van der Waals surface area contributed by atoms with E-state index in [4.69, 9.17) is 10.3 Å². The van der Waals surface area contributed by atoms with Crippen molar-refractivity contribution in [1.29, 1.82) is 0 Å². The van der Waals surface area contributed by atoms with Crippen LogP contribution in [0.2, 0.25) is 0 Å². The number of aryl methyl sites for hydroxylation is 1. The minimum Gasteiger partial charge on any atom is -0.369 e. The van der Waals surface area contributed by atoms with E-state index in [-0.39, 0.29) is 5.91 Å². The van der Waals surface area contributed by atoms with Crippen LogP contribution in [-0.4, -0.2) is 43.3 Å². The number of nitrogens with two attached hydrogens (primary N) is 1. The van der Waals surface area contributed by atoms with Crippen molar-refractivity contribution < 1.29 is 9.32 Å². The summed E-state index contributed by atoms with van der Waals surface area (Å²) in [5, 5.41) is 10.2. The van der Waals surface area contributed by atoms with E-state index in [1.807, 2.05) is 32.9 Å². The number of piperazine rings is 1. The Balaban J connectivity index is 1.77. The Kier molecular flexibility index (Phi) is 6.13. The lowest BCUT2D eigenvalue weighted by Gasteiger charge is -2.29. The van der Waals surface area contributed by atoms with Crippen LogP contribution in [0.3, 0.4) is 0 Å². The maximum atomic E-state index is 12.4. The zero-order valence-corrected chi connectivity index (χ0v) is 16.3. The van der Waals surface area contributed by atoms with Crippen molar-refractivity contribution in [2.75, 3.05) is 36.4 Å². The van der Waals surface area contributed by atoms with E-state index >= 15 is 0 Å². The summed E-state index contributed by atoms with van der Waals surface area (Å²) in [5.41, 5.74) is 9.66. The highest BCUT2D eigenvalue weighted by Crippen LogP contribution is 2.32. The fourth-order valence-electron chi connectivity index (χ4n) is 3.38. The van der Waals surface area contributed by atoms with Gasteiger partial charge in [-0.2, -0.15) is 0 Å². The largest absolute Gasteiger partial charge is 0.369 e. The lowest BCUT2D eigenvalue weighted by Crippen LogP contribution is -2.43. The van der Waals surface area contributed by atoms with Gasteiger partial charge in [-0.15, -0.1) is 0 Å². The van der Waals surface area contributed by atoms with Crippen LogP contribution in [0, 0.1) is 12.8 Å². The van der Waals surface area contributed by atoms with Crippen LogP contribution >= 0.6 is 0 Å². The molecule has 7 nitrogen and oxygen atoms in total. The third-order valence-electron chi connectivity index (χ3n) is 4.80. The van der Waals surface area contributed by atoms with Crippen LogP contribution in [0.15, 0.2) is 28.8 Å². The first-order valence-corrected chi connectivity index (χ1v) is 9.54. The fraction of sp³-hybridized carbons (Fsp3) is 0.500. The summed E-state index contributed by atoms with van der Waals surface area (Å²) >= 11 is 0. The van der Waals surface area contributed by atoms with Gasteiger partial charge in [0.15, 0.2) is 0 Å². The molecule has 0 radical (unpaired) electrons. The zero-order valence-electron chi connectivity index (χ0n) is 16.3. The smallest absolute Gasteiger partial charge is 0.243 e. The molecule has 0 saturated carbocycles. The molecule has 27 heavy (non-hydrogen) atoms. The Morgan fingerprint density at radius 1 is 1.30 bits per heavy atom. The summed E-state index contributed by atoms with van der Waals surface area (Å²) < 4.78 is 5.37. The molecule has 1 aromatic heterocycles. The molecular formula is C20H29N5O2. The van der Waals surface area contributed by atoms with Crippen molar-refractivity contribution in [2.24, 2.45) is 11.7 Å². The van der Waals surface area contributed by atoms with Crippen molar-refractivity contribution >= 4 is 17.5 Å². The Hall–Kier alpha value is -2.38. The third kappa shape index (κ3) is 4.67. The van der Waals surface area contributed by atoms with E-state index < -0.39 is 6.04 Å². The van der Waals surface area contributed by atoms with Gasteiger partial charge in [0.1, 0.15) is 0 Å². The van der Waals surface area contributed by atoms with E-state index in [9.17, 15) is 4.79 Å². The lowest BCUT2D eigenvalue weighted by molar-refractivity contribution is -0.117. The highest BCUT2D eigenvalue weighted by atomic mass is 16.5. The Labute approximate surface area is 160 Å². The van der Waals surface area contributed by atoms with Gasteiger partial charge in [-0.05, 0) is 37.0 Å². The number of nitrogens with zero attached hydrogens (tertiary/aromatic N) is 2. The molecule has 1 fully saturated rings. The molecule has 1 amide bonds. The Morgan fingerprint density at radius 3 is 2.59 bits per heavy atom. The molecule has 0 bridgehead atoms. The molecule has 7 heteroatoms. The van der Waals surface area contributed by atoms with Gasteiger partial charge < -0.3 is 20.5 Å². The number of hydrogen-bond donors (Lipinski definition) is 3. The minimum atomic E-state index is -0.571. The minimum absolute atomic E-state index is 0.251. The average Bonchev–Trinajstić information content (AvgIpc) is 3.02. The van der Waals surface area contributed by atoms with E-state index in [1.165, 1.54) is 5.69 Å². The first kappa shape index (κ1) is 19.4. The van der Waals surface area contributed by atoms with Gasteiger partial charge in [0.05, 0.1) is 17.3 Å². The van der Waals surface area contributed by atoms with Gasteiger partial charge >= 0.3 is 0 Å². The van der Waals surface area contributed by atoms with Crippen LogP contribution in [0.4, 0.5) is 11.6 Å². The second kappa shape index (κ2) is 8.54. The Morgan fingerprint density at radius 2 is 1.96 bits per heavy atom. The first-order valence-electron chi connectivity index (χ1n) is 9.54. The molecule has 1 atom stereocenters. The monoisotopic (exact) mass is 371 g/mol.